The topological polar surface area (TPSA) is 64.7 Å². The second-order valence-corrected chi connectivity index (χ2v) is 3.71. The molecule has 0 spiro atoms. The standard InChI is InChI=1S/C11H15NO3/c1-7(12)11(13)8-2-3-9-10(6-8)15-5-4-14-9/h2-3,6-7,11,13H,4-5,12H2,1H3/t7?,11-/m0/s1. The Balaban J connectivity index is 2.27. The molecular formula is C11H15NO3. The van der Waals surface area contributed by atoms with Gasteiger partial charge in [-0.3, -0.25) is 0 Å². The molecule has 0 aromatic heterocycles. The van der Waals surface area contributed by atoms with Crippen molar-refractivity contribution in [3.8, 4) is 11.5 Å². The molecule has 1 heterocycles. The van der Waals surface area contributed by atoms with Gasteiger partial charge in [0.05, 0.1) is 6.10 Å². The molecule has 4 heteroatoms. The summed E-state index contributed by atoms with van der Waals surface area (Å²) in [5, 5.41) is 9.78. The summed E-state index contributed by atoms with van der Waals surface area (Å²) >= 11 is 0. The summed E-state index contributed by atoms with van der Waals surface area (Å²) in [5.74, 6) is 1.40. The quantitative estimate of drug-likeness (QED) is 0.757. The molecule has 0 amide bonds. The molecule has 4 nitrogen and oxygen atoms in total. The molecule has 0 fully saturated rings. The Morgan fingerprint density at radius 2 is 1.93 bits per heavy atom. The molecule has 1 aliphatic heterocycles. The Hall–Kier alpha value is -1.26. The number of hydrogen-bond acceptors (Lipinski definition) is 4. The fraction of sp³-hybridized carbons (Fsp3) is 0.455. The highest BCUT2D eigenvalue weighted by Gasteiger charge is 2.17. The van der Waals surface area contributed by atoms with E-state index < -0.39 is 6.10 Å². The average molecular weight is 209 g/mol. The lowest BCUT2D eigenvalue weighted by molar-refractivity contribution is 0.149. The van der Waals surface area contributed by atoms with Gasteiger partial charge in [-0.05, 0) is 24.6 Å². The number of hydrogen-bond donors (Lipinski definition) is 2. The van der Waals surface area contributed by atoms with Crippen LogP contribution >= 0.6 is 0 Å². The van der Waals surface area contributed by atoms with Crippen molar-refractivity contribution in [1.82, 2.24) is 0 Å². The van der Waals surface area contributed by atoms with Crippen LogP contribution in [-0.2, 0) is 0 Å². The van der Waals surface area contributed by atoms with Gasteiger partial charge in [0, 0.05) is 6.04 Å². The van der Waals surface area contributed by atoms with E-state index >= 15 is 0 Å². The summed E-state index contributed by atoms with van der Waals surface area (Å²) in [4.78, 5) is 0. The number of aliphatic hydroxyl groups excluding tert-OH is 1. The summed E-state index contributed by atoms with van der Waals surface area (Å²) in [6, 6.07) is 5.09. The van der Waals surface area contributed by atoms with Gasteiger partial charge in [-0.1, -0.05) is 6.07 Å². The molecule has 0 saturated carbocycles. The largest absolute Gasteiger partial charge is 0.486 e. The van der Waals surface area contributed by atoms with Gasteiger partial charge < -0.3 is 20.3 Å². The Morgan fingerprint density at radius 3 is 2.60 bits per heavy atom. The van der Waals surface area contributed by atoms with Gasteiger partial charge in [0.2, 0.25) is 0 Å². The maximum Gasteiger partial charge on any atom is 0.161 e. The zero-order valence-corrected chi connectivity index (χ0v) is 8.64. The molecule has 1 unspecified atom stereocenters. The van der Waals surface area contributed by atoms with Crippen LogP contribution in [0.4, 0.5) is 0 Å². The van der Waals surface area contributed by atoms with Gasteiger partial charge in [0.25, 0.3) is 0 Å². The molecule has 1 aliphatic rings. The van der Waals surface area contributed by atoms with Crippen molar-refractivity contribution in [3.63, 3.8) is 0 Å². The predicted octanol–water partition coefficient (Wildman–Crippen LogP) is 0.838. The van der Waals surface area contributed by atoms with Crippen LogP contribution in [0.25, 0.3) is 0 Å². The molecule has 82 valence electrons. The van der Waals surface area contributed by atoms with Crippen molar-refractivity contribution in [2.45, 2.75) is 19.1 Å². The first-order valence-electron chi connectivity index (χ1n) is 5.01. The number of rotatable bonds is 2. The smallest absolute Gasteiger partial charge is 0.161 e. The van der Waals surface area contributed by atoms with Crippen molar-refractivity contribution in [2.24, 2.45) is 5.73 Å². The van der Waals surface area contributed by atoms with Crippen molar-refractivity contribution in [3.05, 3.63) is 23.8 Å². The van der Waals surface area contributed by atoms with Crippen LogP contribution in [0.5, 0.6) is 11.5 Å². The third-order valence-corrected chi connectivity index (χ3v) is 2.41. The third-order valence-electron chi connectivity index (χ3n) is 2.41. The lowest BCUT2D eigenvalue weighted by Crippen LogP contribution is -2.24. The molecule has 1 aromatic rings. The van der Waals surface area contributed by atoms with E-state index in [1.807, 2.05) is 6.07 Å². The van der Waals surface area contributed by atoms with E-state index in [-0.39, 0.29) is 6.04 Å². The minimum atomic E-state index is -0.666. The molecule has 2 rings (SSSR count). The number of benzene rings is 1. The highest BCUT2D eigenvalue weighted by molar-refractivity contribution is 5.44. The van der Waals surface area contributed by atoms with Crippen molar-refractivity contribution in [2.75, 3.05) is 13.2 Å². The average Bonchev–Trinajstić information content (AvgIpc) is 2.27. The lowest BCUT2D eigenvalue weighted by atomic mass is 10.0. The molecule has 0 aliphatic carbocycles. The van der Waals surface area contributed by atoms with Crippen LogP contribution in [0.2, 0.25) is 0 Å². The summed E-state index contributed by atoms with van der Waals surface area (Å²) in [5.41, 5.74) is 6.38. The van der Waals surface area contributed by atoms with Crippen molar-refractivity contribution >= 4 is 0 Å². The predicted molar refractivity (Wildman–Crippen MR) is 56.0 cm³/mol. The first kappa shape index (κ1) is 10.3. The van der Waals surface area contributed by atoms with E-state index in [4.69, 9.17) is 15.2 Å². The fourth-order valence-electron chi connectivity index (χ4n) is 1.55. The summed E-state index contributed by atoms with van der Waals surface area (Å²) in [6.45, 7) is 2.88. The molecule has 2 atom stereocenters. The van der Waals surface area contributed by atoms with E-state index in [1.54, 1.807) is 19.1 Å². The van der Waals surface area contributed by atoms with E-state index in [1.165, 1.54) is 0 Å². The first-order chi connectivity index (χ1) is 7.18. The van der Waals surface area contributed by atoms with Gasteiger partial charge in [0.15, 0.2) is 11.5 Å². The second kappa shape index (κ2) is 4.08. The molecule has 3 N–H and O–H groups in total. The Bertz CT molecular complexity index is 352. The SMILES string of the molecule is CC(N)[C@H](O)c1ccc2c(c1)OCCO2. The molecule has 1 aromatic carbocycles. The highest BCUT2D eigenvalue weighted by Crippen LogP contribution is 2.32. The maximum atomic E-state index is 9.78. The van der Waals surface area contributed by atoms with Crippen LogP contribution < -0.4 is 15.2 Å². The third kappa shape index (κ3) is 2.06. The highest BCUT2D eigenvalue weighted by atomic mass is 16.6. The second-order valence-electron chi connectivity index (χ2n) is 3.71. The Kier molecular flexibility index (Phi) is 2.79. The molecule has 0 bridgehead atoms. The van der Waals surface area contributed by atoms with Crippen LogP contribution in [0.1, 0.15) is 18.6 Å². The number of aliphatic hydroxyl groups is 1. The van der Waals surface area contributed by atoms with E-state index in [0.717, 1.165) is 11.3 Å². The monoisotopic (exact) mass is 209 g/mol. The minimum absolute atomic E-state index is 0.299. The molecule has 15 heavy (non-hydrogen) atoms. The minimum Gasteiger partial charge on any atom is -0.486 e. The molecule has 0 radical (unpaired) electrons. The van der Waals surface area contributed by atoms with Crippen LogP contribution in [0.3, 0.4) is 0 Å². The van der Waals surface area contributed by atoms with Gasteiger partial charge >= 0.3 is 0 Å². The van der Waals surface area contributed by atoms with Crippen LogP contribution in [0.15, 0.2) is 18.2 Å². The normalized spacial score (nSPS) is 18.3. The van der Waals surface area contributed by atoms with Crippen molar-refractivity contribution in [1.29, 1.82) is 0 Å². The number of nitrogens with two attached hydrogens (primary N) is 1. The first-order valence-corrected chi connectivity index (χ1v) is 5.01. The lowest BCUT2D eigenvalue weighted by Gasteiger charge is -2.21. The Morgan fingerprint density at radius 1 is 1.27 bits per heavy atom. The maximum absolute atomic E-state index is 9.78. The van der Waals surface area contributed by atoms with E-state index in [0.29, 0.717) is 19.0 Å². The fourth-order valence-corrected chi connectivity index (χ4v) is 1.55. The van der Waals surface area contributed by atoms with Crippen LogP contribution in [-0.4, -0.2) is 24.4 Å². The molecular weight excluding hydrogens is 194 g/mol. The van der Waals surface area contributed by atoms with Gasteiger partial charge in [0.1, 0.15) is 13.2 Å². The zero-order chi connectivity index (χ0) is 10.8. The van der Waals surface area contributed by atoms with E-state index in [2.05, 4.69) is 0 Å². The molecule has 0 saturated heterocycles. The summed E-state index contributed by atoms with van der Waals surface area (Å²) < 4.78 is 10.8. The summed E-state index contributed by atoms with van der Waals surface area (Å²) in [6.07, 6.45) is -0.666. The Labute approximate surface area is 88.6 Å². The van der Waals surface area contributed by atoms with Gasteiger partial charge in [-0.25, -0.2) is 0 Å². The number of fused-ring (bicyclic) bond motifs is 1. The van der Waals surface area contributed by atoms with Gasteiger partial charge in [-0.15, -0.1) is 0 Å². The van der Waals surface area contributed by atoms with E-state index in [9.17, 15) is 5.11 Å². The summed E-state index contributed by atoms with van der Waals surface area (Å²) in [7, 11) is 0. The van der Waals surface area contributed by atoms with Crippen LogP contribution in [0, 0.1) is 0 Å². The van der Waals surface area contributed by atoms with Crippen molar-refractivity contribution < 1.29 is 14.6 Å². The zero-order valence-electron chi connectivity index (χ0n) is 8.64. The van der Waals surface area contributed by atoms with Gasteiger partial charge in [-0.2, -0.15) is 0 Å². The number of ether oxygens (including phenoxy) is 2.